The van der Waals surface area contributed by atoms with E-state index in [0.29, 0.717) is 17.8 Å². The molecule has 2 aromatic rings. The lowest BCUT2D eigenvalue weighted by Gasteiger charge is -2.08. The zero-order valence-electron chi connectivity index (χ0n) is 10.8. The summed E-state index contributed by atoms with van der Waals surface area (Å²) in [5.74, 6) is -0.369. The number of hydrogen-bond acceptors (Lipinski definition) is 3. The molecule has 0 fully saturated rings. The van der Waals surface area contributed by atoms with Gasteiger partial charge in [0.25, 0.3) is 0 Å². The Bertz CT molecular complexity index is 621. The van der Waals surface area contributed by atoms with Gasteiger partial charge >= 0.3 is 0 Å². The maximum Gasteiger partial charge on any atom is 0.146 e. The van der Waals surface area contributed by atoms with E-state index in [0.717, 1.165) is 11.3 Å². The summed E-state index contributed by atoms with van der Waals surface area (Å²) in [6.45, 7) is 2.44. The lowest BCUT2D eigenvalue weighted by molar-refractivity contribution is 0.630. The average Bonchev–Trinajstić information content (AvgIpc) is 2.66. The normalized spacial score (nSPS) is 10.5. The van der Waals surface area contributed by atoms with Crippen molar-refractivity contribution < 1.29 is 4.39 Å². The third-order valence-electron chi connectivity index (χ3n) is 2.84. The predicted octanol–water partition coefficient (Wildman–Crippen LogP) is 2.11. The highest BCUT2D eigenvalue weighted by atomic mass is 32.1. The Balaban J connectivity index is 2.12. The Kier molecular flexibility index (Phi) is 3.80. The number of hydrogen-bond donors (Lipinski definition) is 2. The van der Waals surface area contributed by atoms with Gasteiger partial charge in [0.05, 0.1) is 11.4 Å². The van der Waals surface area contributed by atoms with Crippen LogP contribution < -0.4 is 11.1 Å². The van der Waals surface area contributed by atoms with Crippen LogP contribution in [0.3, 0.4) is 0 Å². The largest absolute Gasteiger partial charge is 0.389 e. The van der Waals surface area contributed by atoms with Gasteiger partial charge in [-0.15, -0.1) is 0 Å². The van der Waals surface area contributed by atoms with E-state index in [1.54, 1.807) is 16.8 Å². The van der Waals surface area contributed by atoms with Crippen LogP contribution in [0.5, 0.6) is 0 Å². The first-order valence-electron chi connectivity index (χ1n) is 5.79. The topological polar surface area (TPSA) is 55.9 Å². The molecule has 4 nitrogen and oxygen atoms in total. The van der Waals surface area contributed by atoms with Gasteiger partial charge in [0.2, 0.25) is 0 Å². The molecule has 19 heavy (non-hydrogen) atoms. The number of nitrogens with zero attached hydrogens (tertiary/aromatic N) is 2. The quantitative estimate of drug-likeness (QED) is 0.841. The van der Waals surface area contributed by atoms with Crippen LogP contribution in [0.2, 0.25) is 0 Å². The third kappa shape index (κ3) is 3.08. The molecule has 1 aromatic carbocycles. The highest BCUT2D eigenvalue weighted by Crippen LogP contribution is 2.17. The van der Waals surface area contributed by atoms with Crippen molar-refractivity contribution in [1.29, 1.82) is 0 Å². The van der Waals surface area contributed by atoms with Gasteiger partial charge in [-0.1, -0.05) is 12.2 Å². The summed E-state index contributed by atoms with van der Waals surface area (Å²) in [7, 11) is 1.86. The van der Waals surface area contributed by atoms with Crippen LogP contribution in [0.1, 0.15) is 16.8 Å². The predicted molar refractivity (Wildman–Crippen MR) is 77.6 cm³/mol. The first-order chi connectivity index (χ1) is 8.97. The molecule has 1 aromatic heterocycles. The van der Waals surface area contributed by atoms with Crippen molar-refractivity contribution in [3.8, 4) is 0 Å². The van der Waals surface area contributed by atoms with Crippen molar-refractivity contribution in [3.05, 3.63) is 47.0 Å². The van der Waals surface area contributed by atoms with Crippen molar-refractivity contribution in [2.75, 3.05) is 5.32 Å². The summed E-state index contributed by atoms with van der Waals surface area (Å²) in [5.41, 5.74) is 8.35. The van der Waals surface area contributed by atoms with Gasteiger partial charge in [0, 0.05) is 30.9 Å². The smallest absolute Gasteiger partial charge is 0.146 e. The molecule has 6 heteroatoms. The molecule has 0 bridgehead atoms. The van der Waals surface area contributed by atoms with Gasteiger partial charge < -0.3 is 11.1 Å². The number of halogens is 1. The van der Waals surface area contributed by atoms with Gasteiger partial charge in [-0.3, -0.25) is 4.68 Å². The third-order valence-corrected chi connectivity index (χ3v) is 3.07. The molecule has 3 N–H and O–H groups in total. The van der Waals surface area contributed by atoms with Crippen LogP contribution in [0, 0.1) is 12.7 Å². The zero-order valence-corrected chi connectivity index (χ0v) is 11.6. The van der Waals surface area contributed by atoms with E-state index >= 15 is 0 Å². The molecule has 0 radical (unpaired) electrons. The number of rotatable bonds is 4. The fourth-order valence-electron chi connectivity index (χ4n) is 1.82. The second-order valence-electron chi connectivity index (χ2n) is 4.33. The van der Waals surface area contributed by atoms with Crippen LogP contribution in [0.15, 0.2) is 24.4 Å². The van der Waals surface area contributed by atoms with Crippen LogP contribution in [-0.4, -0.2) is 14.8 Å². The number of thiocarbonyl (C=S) groups is 1. The summed E-state index contributed by atoms with van der Waals surface area (Å²) >= 11 is 4.81. The molecule has 0 aliphatic heterocycles. The maximum atomic E-state index is 13.8. The summed E-state index contributed by atoms with van der Waals surface area (Å²) in [6, 6.07) is 4.67. The fourth-order valence-corrected chi connectivity index (χ4v) is 1.95. The number of aromatic nitrogens is 2. The second kappa shape index (κ2) is 5.36. The minimum atomic E-state index is -0.369. The van der Waals surface area contributed by atoms with Crippen LogP contribution in [-0.2, 0) is 13.6 Å². The van der Waals surface area contributed by atoms with Gasteiger partial charge in [0.1, 0.15) is 10.8 Å². The Morgan fingerprint density at radius 3 is 2.79 bits per heavy atom. The summed E-state index contributed by atoms with van der Waals surface area (Å²) < 4.78 is 15.6. The first kappa shape index (κ1) is 13.5. The molecular weight excluding hydrogens is 263 g/mol. The van der Waals surface area contributed by atoms with Crippen LogP contribution in [0.4, 0.5) is 10.1 Å². The van der Waals surface area contributed by atoms with Gasteiger partial charge in [-0.2, -0.15) is 5.10 Å². The standard InChI is InChI=1S/C13H15FN4S/c1-8-10(7-18(2)17-8)6-16-12-4-3-9(13(15)19)5-11(12)14/h3-5,7,16H,6H2,1-2H3,(H2,15,19). The molecule has 0 amide bonds. The maximum absolute atomic E-state index is 13.8. The van der Waals surface area contributed by atoms with Crippen molar-refractivity contribution in [2.45, 2.75) is 13.5 Å². The van der Waals surface area contributed by atoms with E-state index in [2.05, 4.69) is 10.4 Å². The van der Waals surface area contributed by atoms with Crippen LogP contribution >= 0.6 is 12.2 Å². The molecule has 1 heterocycles. The Hall–Kier alpha value is -1.95. The molecule has 0 spiro atoms. The van der Waals surface area contributed by atoms with Gasteiger partial charge in [-0.05, 0) is 25.1 Å². The Labute approximate surface area is 116 Å². The lowest BCUT2D eigenvalue weighted by Crippen LogP contribution is -2.10. The Morgan fingerprint density at radius 2 is 2.26 bits per heavy atom. The molecule has 2 rings (SSSR count). The highest BCUT2D eigenvalue weighted by Gasteiger charge is 2.07. The number of aryl methyl sites for hydroxylation is 2. The highest BCUT2D eigenvalue weighted by molar-refractivity contribution is 7.80. The van der Waals surface area contributed by atoms with Crippen molar-refractivity contribution in [1.82, 2.24) is 9.78 Å². The van der Waals surface area contributed by atoms with E-state index in [4.69, 9.17) is 18.0 Å². The molecule has 0 aliphatic rings. The van der Waals surface area contributed by atoms with Crippen LogP contribution in [0.25, 0.3) is 0 Å². The minimum Gasteiger partial charge on any atom is -0.389 e. The first-order valence-corrected chi connectivity index (χ1v) is 6.20. The summed E-state index contributed by atoms with van der Waals surface area (Å²) in [6.07, 6.45) is 1.91. The van der Waals surface area contributed by atoms with Crippen molar-refractivity contribution >= 4 is 22.9 Å². The van der Waals surface area contributed by atoms with E-state index in [1.165, 1.54) is 6.07 Å². The number of nitrogens with one attached hydrogen (secondary N) is 1. The van der Waals surface area contributed by atoms with E-state index in [1.807, 2.05) is 20.2 Å². The fraction of sp³-hybridized carbons (Fsp3) is 0.231. The van der Waals surface area contributed by atoms with Crippen molar-refractivity contribution in [3.63, 3.8) is 0 Å². The molecule has 100 valence electrons. The van der Waals surface area contributed by atoms with E-state index in [9.17, 15) is 4.39 Å². The number of nitrogens with two attached hydrogens (primary N) is 1. The molecule has 0 unspecified atom stereocenters. The second-order valence-corrected chi connectivity index (χ2v) is 4.77. The van der Waals surface area contributed by atoms with Crippen molar-refractivity contribution in [2.24, 2.45) is 12.8 Å². The molecule has 0 aliphatic carbocycles. The lowest BCUT2D eigenvalue weighted by atomic mass is 10.2. The molecule has 0 saturated carbocycles. The average molecular weight is 278 g/mol. The van der Waals surface area contributed by atoms with Gasteiger partial charge in [-0.25, -0.2) is 4.39 Å². The summed E-state index contributed by atoms with van der Waals surface area (Å²) in [5, 5.41) is 7.27. The zero-order chi connectivity index (χ0) is 14.0. The SMILES string of the molecule is Cc1nn(C)cc1CNc1ccc(C(N)=S)cc1F. The number of benzene rings is 1. The van der Waals surface area contributed by atoms with E-state index < -0.39 is 0 Å². The monoisotopic (exact) mass is 278 g/mol. The van der Waals surface area contributed by atoms with Gasteiger partial charge in [0.15, 0.2) is 0 Å². The molecule has 0 atom stereocenters. The summed E-state index contributed by atoms with van der Waals surface area (Å²) in [4.78, 5) is 0.188. The van der Waals surface area contributed by atoms with E-state index in [-0.39, 0.29) is 10.8 Å². The number of anilines is 1. The molecule has 0 saturated heterocycles. The minimum absolute atomic E-state index is 0.188. The Morgan fingerprint density at radius 1 is 1.53 bits per heavy atom. The molecular formula is C13H15FN4S.